The molecule has 146 valence electrons. The van der Waals surface area contributed by atoms with Gasteiger partial charge in [0, 0.05) is 36.9 Å². The summed E-state index contributed by atoms with van der Waals surface area (Å²) in [5.41, 5.74) is 0.990. The highest BCUT2D eigenvalue weighted by molar-refractivity contribution is 5.88. The number of ether oxygens (including phenoxy) is 1. The lowest BCUT2D eigenvalue weighted by molar-refractivity contribution is -0.121. The van der Waals surface area contributed by atoms with Crippen LogP contribution in [0.3, 0.4) is 0 Å². The first-order valence-electron chi connectivity index (χ1n) is 9.60. The summed E-state index contributed by atoms with van der Waals surface area (Å²) in [5.74, 6) is 1.64. The number of fused-ring (bicyclic) bond motifs is 1. The third-order valence-corrected chi connectivity index (χ3v) is 4.62. The summed E-state index contributed by atoms with van der Waals surface area (Å²) >= 11 is 0. The second-order valence-corrected chi connectivity index (χ2v) is 6.70. The van der Waals surface area contributed by atoms with Gasteiger partial charge in [-0.2, -0.15) is 0 Å². The van der Waals surface area contributed by atoms with E-state index in [1.807, 2.05) is 53.2 Å². The third-order valence-electron chi connectivity index (χ3n) is 4.62. The number of hydrogen-bond donors (Lipinski definition) is 1. The van der Waals surface area contributed by atoms with Crippen molar-refractivity contribution >= 4 is 16.7 Å². The number of nitrogens with one attached hydrogen (secondary N) is 1. The fraction of sp³-hybridized carbons (Fsp3) is 0.174. The van der Waals surface area contributed by atoms with Crippen LogP contribution >= 0.6 is 0 Å². The molecular weight excluding hydrogens is 364 g/mol. The molecule has 1 N–H and O–H groups in total. The van der Waals surface area contributed by atoms with Crippen molar-refractivity contribution in [2.24, 2.45) is 0 Å². The van der Waals surface area contributed by atoms with Gasteiger partial charge in [0.1, 0.15) is 17.9 Å². The number of carbonyl (C=O) groups is 1. The Labute approximate surface area is 169 Å². The zero-order valence-corrected chi connectivity index (χ0v) is 16.0. The topological polar surface area (TPSA) is 69.0 Å². The molecule has 0 spiro atoms. The van der Waals surface area contributed by atoms with E-state index in [1.54, 1.807) is 18.7 Å². The van der Waals surface area contributed by atoms with Gasteiger partial charge in [-0.3, -0.25) is 9.36 Å². The largest absolute Gasteiger partial charge is 0.493 e. The van der Waals surface area contributed by atoms with Crippen LogP contribution in [0, 0.1) is 0 Å². The first-order valence-corrected chi connectivity index (χ1v) is 9.60. The second kappa shape index (κ2) is 9.01. The molecule has 6 heteroatoms. The molecule has 0 aliphatic rings. The molecule has 0 atom stereocenters. The number of hydrogen-bond acceptors (Lipinski definition) is 4. The number of amides is 1. The SMILES string of the molecule is O=C(CCCOc1cccc2ccccc12)NCc1ccnc(-n2ccnc2)c1. The zero-order chi connectivity index (χ0) is 19.9. The Kier molecular flexibility index (Phi) is 5.81. The Morgan fingerprint density at radius 3 is 2.86 bits per heavy atom. The lowest BCUT2D eigenvalue weighted by atomic mass is 10.1. The number of carbonyl (C=O) groups excluding carboxylic acids is 1. The average Bonchev–Trinajstić information content (AvgIpc) is 3.31. The smallest absolute Gasteiger partial charge is 0.220 e. The van der Waals surface area contributed by atoms with E-state index in [4.69, 9.17) is 4.74 Å². The van der Waals surface area contributed by atoms with Gasteiger partial charge in [-0.15, -0.1) is 0 Å². The first-order chi connectivity index (χ1) is 14.3. The Morgan fingerprint density at radius 1 is 1.07 bits per heavy atom. The van der Waals surface area contributed by atoms with E-state index in [0.717, 1.165) is 27.9 Å². The summed E-state index contributed by atoms with van der Waals surface area (Å²) in [7, 11) is 0. The molecule has 0 unspecified atom stereocenters. The van der Waals surface area contributed by atoms with E-state index in [2.05, 4.69) is 27.4 Å². The minimum atomic E-state index is 0.00696. The van der Waals surface area contributed by atoms with Gasteiger partial charge >= 0.3 is 0 Å². The van der Waals surface area contributed by atoms with Crippen molar-refractivity contribution < 1.29 is 9.53 Å². The van der Waals surface area contributed by atoms with Crippen LogP contribution < -0.4 is 10.1 Å². The van der Waals surface area contributed by atoms with Gasteiger partial charge in [0.2, 0.25) is 5.91 Å². The number of benzene rings is 2. The molecule has 2 heterocycles. The Hall–Kier alpha value is -3.67. The van der Waals surface area contributed by atoms with Crippen molar-refractivity contribution in [1.82, 2.24) is 19.9 Å². The fourth-order valence-corrected chi connectivity index (χ4v) is 3.13. The van der Waals surface area contributed by atoms with E-state index in [1.165, 1.54) is 0 Å². The monoisotopic (exact) mass is 386 g/mol. The zero-order valence-electron chi connectivity index (χ0n) is 16.0. The maximum atomic E-state index is 12.2. The highest BCUT2D eigenvalue weighted by Gasteiger charge is 2.05. The summed E-state index contributed by atoms with van der Waals surface area (Å²) in [6, 6.07) is 18.0. The molecule has 0 aliphatic carbocycles. The summed E-state index contributed by atoms with van der Waals surface area (Å²) in [4.78, 5) is 20.5. The van der Waals surface area contributed by atoms with Gasteiger partial charge in [-0.25, -0.2) is 9.97 Å². The summed E-state index contributed by atoms with van der Waals surface area (Å²) in [6.45, 7) is 0.967. The molecule has 0 aliphatic heterocycles. The Morgan fingerprint density at radius 2 is 1.97 bits per heavy atom. The lowest BCUT2D eigenvalue weighted by Gasteiger charge is -2.10. The normalized spacial score (nSPS) is 10.8. The van der Waals surface area contributed by atoms with Crippen molar-refractivity contribution in [2.45, 2.75) is 19.4 Å². The molecule has 0 saturated heterocycles. The second-order valence-electron chi connectivity index (χ2n) is 6.70. The van der Waals surface area contributed by atoms with Gasteiger partial charge < -0.3 is 10.1 Å². The number of nitrogens with zero attached hydrogens (tertiary/aromatic N) is 3. The molecule has 2 aromatic heterocycles. The molecule has 0 fully saturated rings. The summed E-state index contributed by atoms with van der Waals surface area (Å²) in [5, 5.41) is 5.19. The highest BCUT2D eigenvalue weighted by Crippen LogP contribution is 2.25. The van der Waals surface area contributed by atoms with E-state index in [9.17, 15) is 4.79 Å². The van der Waals surface area contributed by atoms with Crippen LogP contribution in [0.2, 0.25) is 0 Å². The van der Waals surface area contributed by atoms with Crippen LogP contribution in [-0.2, 0) is 11.3 Å². The van der Waals surface area contributed by atoms with Crippen LogP contribution in [0.1, 0.15) is 18.4 Å². The molecule has 4 rings (SSSR count). The van der Waals surface area contributed by atoms with Crippen molar-refractivity contribution in [1.29, 1.82) is 0 Å². The van der Waals surface area contributed by atoms with Crippen LogP contribution in [-0.4, -0.2) is 27.0 Å². The average molecular weight is 386 g/mol. The maximum absolute atomic E-state index is 12.2. The van der Waals surface area contributed by atoms with E-state index < -0.39 is 0 Å². The maximum Gasteiger partial charge on any atom is 0.220 e. The quantitative estimate of drug-likeness (QED) is 0.467. The van der Waals surface area contributed by atoms with Crippen LogP contribution in [0.5, 0.6) is 5.75 Å². The Bertz CT molecular complexity index is 1090. The summed E-state index contributed by atoms with van der Waals surface area (Å²) in [6.07, 6.45) is 8.04. The molecule has 2 aromatic carbocycles. The van der Waals surface area contributed by atoms with Crippen LogP contribution in [0.25, 0.3) is 16.6 Å². The molecular formula is C23H22N4O2. The molecule has 0 radical (unpaired) electrons. The molecule has 0 saturated carbocycles. The number of aromatic nitrogens is 3. The number of imidazole rings is 1. The number of pyridine rings is 1. The lowest BCUT2D eigenvalue weighted by Crippen LogP contribution is -2.23. The molecule has 6 nitrogen and oxygen atoms in total. The minimum Gasteiger partial charge on any atom is -0.493 e. The third kappa shape index (κ3) is 4.79. The minimum absolute atomic E-state index is 0.00696. The van der Waals surface area contributed by atoms with Crippen LogP contribution in [0.4, 0.5) is 0 Å². The highest BCUT2D eigenvalue weighted by atomic mass is 16.5. The molecule has 4 aromatic rings. The van der Waals surface area contributed by atoms with Crippen molar-refractivity contribution in [3.8, 4) is 11.6 Å². The van der Waals surface area contributed by atoms with Crippen LogP contribution in [0.15, 0.2) is 79.5 Å². The Balaban J connectivity index is 1.23. The van der Waals surface area contributed by atoms with Crippen molar-refractivity contribution in [2.75, 3.05) is 6.61 Å². The molecule has 0 bridgehead atoms. The fourth-order valence-electron chi connectivity index (χ4n) is 3.13. The summed E-state index contributed by atoms with van der Waals surface area (Å²) < 4.78 is 7.72. The molecule has 29 heavy (non-hydrogen) atoms. The van der Waals surface area contributed by atoms with Gasteiger partial charge in [-0.05, 0) is 35.6 Å². The number of rotatable bonds is 8. The van der Waals surface area contributed by atoms with Gasteiger partial charge in [0.05, 0.1) is 6.61 Å². The van der Waals surface area contributed by atoms with Gasteiger partial charge in [0.25, 0.3) is 0 Å². The van der Waals surface area contributed by atoms with Gasteiger partial charge in [0.15, 0.2) is 0 Å². The van der Waals surface area contributed by atoms with Crippen molar-refractivity contribution in [3.63, 3.8) is 0 Å². The van der Waals surface area contributed by atoms with E-state index in [0.29, 0.717) is 26.0 Å². The van der Waals surface area contributed by atoms with E-state index in [-0.39, 0.29) is 5.91 Å². The molecule has 1 amide bonds. The standard InChI is InChI=1S/C23H22N4O2/c28-23(26-16-18-10-11-25-22(15-18)27-13-12-24-17-27)9-4-14-29-21-8-3-6-19-5-1-2-7-20(19)21/h1-3,5-8,10-13,15,17H,4,9,14,16H2,(H,26,28). The van der Waals surface area contributed by atoms with E-state index >= 15 is 0 Å². The first kappa shape index (κ1) is 18.7. The predicted octanol–water partition coefficient (Wildman–Crippen LogP) is 3.90. The van der Waals surface area contributed by atoms with Crippen molar-refractivity contribution in [3.05, 3.63) is 85.1 Å². The van der Waals surface area contributed by atoms with Gasteiger partial charge in [-0.1, -0.05) is 36.4 Å². The predicted molar refractivity (Wildman–Crippen MR) is 112 cm³/mol.